The molecule has 0 aromatic carbocycles. The lowest BCUT2D eigenvalue weighted by Crippen LogP contribution is -2.76. The zero-order chi connectivity index (χ0) is 32.7. The van der Waals surface area contributed by atoms with Gasteiger partial charge in [0.2, 0.25) is 6.17 Å². The van der Waals surface area contributed by atoms with Crippen LogP contribution in [0.3, 0.4) is 0 Å². The molecule has 0 saturated carbocycles. The van der Waals surface area contributed by atoms with Gasteiger partial charge in [0.05, 0.1) is 0 Å². The molecule has 0 amide bonds. The highest BCUT2D eigenvalue weighted by molar-refractivity contribution is 5.77. The fraction of sp³-hybridized carbons (Fsp3) is 0.923. The Morgan fingerprint density at radius 1 is 0.410 bits per heavy atom. The first-order chi connectivity index (χ1) is 16.3. The average molecular weight is 646 g/mol. The van der Waals surface area contributed by atoms with Crippen molar-refractivity contribution in [3.63, 3.8) is 0 Å². The van der Waals surface area contributed by atoms with Gasteiger partial charge in [0.25, 0.3) is 0 Å². The summed E-state index contributed by atoms with van der Waals surface area (Å²) in [6.45, 7) is 0. The minimum absolute atomic E-state index is 4.50. The molecule has 0 radical (unpaired) electrons. The number of carboxylic acid groups (broad SMARTS) is 1. The van der Waals surface area contributed by atoms with Gasteiger partial charge in [0, 0.05) is 0 Å². The van der Waals surface area contributed by atoms with Gasteiger partial charge in [-0.1, -0.05) is 0 Å². The highest BCUT2D eigenvalue weighted by Gasteiger charge is 2.97. The smallest absolute Gasteiger partial charge is 0.460 e. The van der Waals surface area contributed by atoms with E-state index in [0.29, 0.717) is 0 Å². The van der Waals surface area contributed by atoms with Gasteiger partial charge >= 0.3 is 71.4 Å². The third kappa shape index (κ3) is 4.36. The number of carbonyl (C=O) groups is 1. The molecule has 0 bridgehead atoms. The molecule has 1 N–H and O–H groups in total. The molecular formula is C13H2F24O2. The van der Waals surface area contributed by atoms with Crippen LogP contribution in [0.5, 0.6) is 0 Å². The predicted molar refractivity (Wildman–Crippen MR) is 68.1 cm³/mol. The summed E-state index contributed by atoms with van der Waals surface area (Å²) < 4.78 is 312. The monoisotopic (exact) mass is 646 g/mol. The molecule has 0 aromatic heterocycles. The quantitative estimate of drug-likeness (QED) is 0.239. The van der Waals surface area contributed by atoms with Gasteiger partial charge in [-0.05, 0) is 0 Å². The molecule has 0 fully saturated rings. The highest BCUT2D eigenvalue weighted by atomic mass is 19.4. The summed E-state index contributed by atoms with van der Waals surface area (Å²) in [7, 11) is 0. The predicted octanol–water partition coefficient (Wildman–Crippen LogP) is 7.32. The summed E-state index contributed by atoms with van der Waals surface area (Å²) >= 11 is 0. The molecule has 0 aliphatic carbocycles. The third-order valence-corrected chi connectivity index (χ3v) is 4.46. The lowest BCUT2D eigenvalue weighted by Gasteiger charge is -2.44. The Kier molecular flexibility index (Phi) is 8.39. The van der Waals surface area contributed by atoms with Crippen LogP contribution in [0.2, 0.25) is 0 Å². The summed E-state index contributed by atoms with van der Waals surface area (Å²) in [4.78, 5) is 9.89. The Balaban J connectivity index is 7.15. The second-order valence-corrected chi connectivity index (χ2v) is 7.01. The topological polar surface area (TPSA) is 37.3 Å². The fourth-order valence-electron chi connectivity index (χ4n) is 2.07. The minimum Gasteiger partial charge on any atom is -0.477 e. The van der Waals surface area contributed by atoms with Gasteiger partial charge in [-0.25, -0.2) is 9.18 Å². The maximum Gasteiger partial charge on any atom is 0.460 e. The van der Waals surface area contributed by atoms with E-state index in [4.69, 9.17) is 5.11 Å². The van der Waals surface area contributed by atoms with Crippen molar-refractivity contribution in [1.82, 2.24) is 0 Å². The molecule has 1 atom stereocenters. The van der Waals surface area contributed by atoms with E-state index >= 15 is 0 Å². The number of alkyl halides is 24. The van der Waals surface area contributed by atoms with E-state index in [1.54, 1.807) is 0 Å². The van der Waals surface area contributed by atoms with E-state index in [0.717, 1.165) is 0 Å². The van der Waals surface area contributed by atoms with Crippen molar-refractivity contribution in [3.8, 4) is 0 Å². The van der Waals surface area contributed by atoms with E-state index in [2.05, 4.69) is 0 Å². The van der Waals surface area contributed by atoms with Crippen molar-refractivity contribution in [2.75, 3.05) is 0 Å². The Bertz CT molecular complexity index is 927. The van der Waals surface area contributed by atoms with Crippen LogP contribution in [0, 0.1) is 0 Å². The van der Waals surface area contributed by atoms with E-state index in [1.807, 2.05) is 0 Å². The molecule has 0 spiro atoms. The van der Waals surface area contributed by atoms with E-state index in [9.17, 15) is 110 Å². The number of halogens is 24. The Morgan fingerprint density at radius 3 is 0.897 bits per heavy atom. The number of hydrogen-bond donors (Lipinski definition) is 1. The van der Waals surface area contributed by atoms with Crippen LogP contribution >= 0.6 is 0 Å². The van der Waals surface area contributed by atoms with Crippen molar-refractivity contribution < 1.29 is 115 Å². The van der Waals surface area contributed by atoms with Crippen LogP contribution in [0.15, 0.2) is 0 Å². The SMILES string of the molecule is O=C(O)C(F)(F)C(F)(F)C(F)(F)C(F)C(F)(F)C(F)(F)C(F)(F)C(F)(F)C(F)(F)C(F)(F)C(F)(F)C(F)(F)F. The first kappa shape index (κ1) is 36.8. The van der Waals surface area contributed by atoms with Gasteiger partial charge in [-0.2, -0.15) is 101 Å². The molecule has 0 aliphatic heterocycles. The normalized spacial score (nSPS) is 17.3. The zero-order valence-corrected chi connectivity index (χ0v) is 16.5. The molecule has 0 aromatic rings. The van der Waals surface area contributed by atoms with E-state index < -0.39 is 77.5 Å². The maximum atomic E-state index is 13.5. The Hall–Kier alpha value is -2.21. The van der Waals surface area contributed by atoms with Crippen LogP contribution in [0.4, 0.5) is 105 Å². The van der Waals surface area contributed by atoms with Crippen molar-refractivity contribution in [2.45, 2.75) is 71.6 Å². The minimum atomic E-state index is -9.41. The Labute approximate surface area is 194 Å². The summed E-state index contributed by atoms with van der Waals surface area (Å²) in [6.07, 6.45) is -15.6. The van der Waals surface area contributed by atoms with Crippen LogP contribution < -0.4 is 0 Å². The first-order valence-corrected chi connectivity index (χ1v) is 8.07. The summed E-state index contributed by atoms with van der Waals surface area (Å²) in [5.41, 5.74) is 0. The molecule has 2 nitrogen and oxygen atoms in total. The number of aliphatic carboxylic acids is 1. The van der Waals surface area contributed by atoms with Crippen LogP contribution in [0.1, 0.15) is 0 Å². The van der Waals surface area contributed by atoms with Gasteiger partial charge in [-0.3, -0.25) is 0 Å². The van der Waals surface area contributed by atoms with Crippen LogP contribution in [-0.4, -0.2) is 82.6 Å². The summed E-state index contributed by atoms with van der Waals surface area (Å²) in [6, 6.07) is 0. The Morgan fingerprint density at radius 2 is 0.641 bits per heavy atom. The van der Waals surface area contributed by atoms with Gasteiger partial charge < -0.3 is 5.11 Å². The lowest BCUT2D eigenvalue weighted by atomic mass is 9.85. The molecule has 39 heavy (non-hydrogen) atoms. The summed E-state index contributed by atoms with van der Waals surface area (Å²) in [5, 5.41) is 7.67. The lowest BCUT2D eigenvalue weighted by molar-refractivity contribution is -0.466. The van der Waals surface area contributed by atoms with Crippen molar-refractivity contribution in [2.24, 2.45) is 0 Å². The molecule has 0 heterocycles. The average Bonchev–Trinajstić information content (AvgIpc) is 2.70. The summed E-state index contributed by atoms with van der Waals surface area (Å²) in [5.74, 6) is -92.5. The number of hydrogen-bond acceptors (Lipinski definition) is 1. The van der Waals surface area contributed by atoms with Crippen LogP contribution in [-0.2, 0) is 4.79 Å². The van der Waals surface area contributed by atoms with Gasteiger partial charge in [0.1, 0.15) is 0 Å². The maximum absolute atomic E-state index is 13.5. The van der Waals surface area contributed by atoms with Crippen LogP contribution in [0.25, 0.3) is 0 Å². The van der Waals surface area contributed by atoms with Crippen molar-refractivity contribution in [3.05, 3.63) is 0 Å². The number of rotatable bonds is 11. The third-order valence-electron chi connectivity index (χ3n) is 4.46. The standard InChI is InChI=1S/C13H2F24O2/c14-1(3(15,16)6(21,22)5(19,20)2(38)39)4(17,18)7(23,24)8(25,26)9(27,28)10(29,30)11(31,32)12(33,34)13(35,36)37/h1H,(H,38,39). The number of carboxylic acids is 1. The zero-order valence-electron chi connectivity index (χ0n) is 16.5. The highest BCUT2D eigenvalue weighted by Crippen LogP contribution is 2.65. The molecule has 26 heteroatoms. The molecule has 0 rings (SSSR count). The van der Waals surface area contributed by atoms with Crippen molar-refractivity contribution >= 4 is 5.97 Å². The second kappa shape index (κ2) is 8.89. The van der Waals surface area contributed by atoms with Gasteiger partial charge in [-0.15, -0.1) is 0 Å². The van der Waals surface area contributed by atoms with Crippen molar-refractivity contribution in [1.29, 1.82) is 0 Å². The van der Waals surface area contributed by atoms with E-state index in [-0.39, 0.29) is 0 Å². The molecular weight excluding hydrogens is 644 g/mol. The molecule has 0 aliphatic rings. The molecule has 1 unspecified atom stereocenters. The fourth-order valence-corrected chi connectivity index (χ4v) is 2.07. The second-order valence-electron chi connectivity index (χ2n) is 7.01. The van der Waals surface area contributed by atoms with Gasteiger partial charge in [0.15, 0.2) is 0 Å². The van der Waals surface area contributed by atoms with E-state index in [1.165, 1.54) is 0 Å². The largest absolute Gasteiger partial charge is 0.477 e. The molecule has 234 valence electrons. The first-order valence-electron chi connectivity index (χ1n) is 8.07. The molecule has 0 saturated heterocycles.